The van der Waals surface area contributed by atoms with Gasteiger partial charge in [-0.05, 0) is 5.56 Å². The highest BCUT2D eigenvalue weighted by Crippen LogP contribution is 2.20. The van der Waals surface area contributed by atoms with E-state index in [9.17, 15) is 4.79 Å². The quantitative estimate of drug-likeness (QED) is 0.780. The second-order valence-corrected chi connectivity index (χ2v) is 4.00. The molecule has 0 spiro atoms. The third-order valence-electron chi connectivity index (χ3n) is 2.88. The molecule has 5 heteroatoms. The maximum atomic E-state index is 11.9. The Morgan fingerprint density at radius 2 is 2.21 bits per heavy atom. The van der Waals surface area contributed by atoms with E-state index in [-0.39, 0.29) is 11.8 Å². The van der Waals surface area contributed by atoms with Gasteiger partial charge in [-0.2, -0.15) is 5.26 Å². The first-order chi connectivity index (χ1) is 9.26. The molecule has 1 aromatic heterocycles. The molecule has 0 N–H and O–H groups in total. The summed E-state index contributed by atoms with van der Waals surface area (Å²) in [5.74, 6) is -0.499. The van der Waals surface area contributed by atoms with Gasteiger partial charge in [0.25, 0.3) is 0 Å². The van der Waals surface area contributed by atoms with E-state index in [0.29, 0.717) is 6.54 Å². The van der Waals surface area contributed by atoms with Crippen LogP contribution in [-0.4, -0.2) is 22.6 Å². The number of esters is 1. The van der Waals surface area contributed by atoms with E-state index >= 15 is 0 Å². The zero-order valence-corrected chi connectivity index (χ0v) is 10.5. The first-order valence-corrected chi connectivity index (χ1v) is 5.80. The van der Waals surface area contributed by atoms with Gasteiger partial charge in [0, 0.05) is 18.9 Å². The fourth-order valence-electron chi connectivity index (χ4n) is 1.91. The van der Waals surface area contributed by atoms with Crippen LogP contribution in [0.15, 0.2) is 42.7 Å². The second-order valence-electron chi connectivity index (χ2n) is 4.00. The summed E-state index contributed by atoms with van der Waals surface area (Å²) in [4.78, 5) is 15.8. The minimum absolute atomic E-state index is 0.282. The molecule has 96 valence electrons. The van der Waals surface area contributed by atoms with Crippen LogP contribution < -0.4 is 0 Å². The summed E-state index contributed by atoms with van der Waals surface area (Å²) in [5.41, 5.74) is 0.854. The second kappa shape index (κ2) is 5.83. The van der Waals surface area contributed by atoms with Gasteiger partial charge >= 0.3 is 5.97 Å². The van der Waals surface area contributed by atoms with Crippen molar-refractivity contribution in [2.75, 3.05) is 7.11 Å². The lowest BCUT2D eigenvalue weighted by Gasteiger charge is -2.16. The number of carbonyl (C=O) groups excluding carboxylic acids is 1. The molecular weight excluding hydrogens is 242 g/mol. The van der Waals surface area contributed by atoms with E-state index in [0.717, 1.165) is 5.56 Å². The molecule has 0 saturated carbocycles. The summed E-state index contributed by atoms with van der Waals surface area (Å²) in [6, 6.07) is 11.3. The lowest BCUT2D eigenvalue weighted by atomic mass is 9.99. The fourth-order valence-corrected chi connectivity index (χ4v) is 1.91. The average molecular weight is 255 g/mol. The first-order valence-electron chi connectivity index (χ1n) is 5.80. The van der Waals surface area contributed by atoms with Gasteiger partial charge in [-0.3, -0.25) is 4.79 Å². The summed E-state index contributed by atoms with van der Waals surface area (Å²) < 4.78 is 6.48. The van der Waals surface area contributed by atoms with Gasteiger partial charge < -0.3 is 9.30 Å². The van der Waals surface area contributed by atoms with E-state index in [1.807, 2.05) is 36.4 Å². The molecule has 1 atom stereocenters. The number of carbonyl (C=O) groups is 1. The number of nitrogens with zero attached hydrogens (tertiary/aromatic N) is 3. The number of methoxy groups -OCH3 is 1. The highest BCUT2D eigenvalue weighted by atomic mass is 16.5. The summed E-state index contributed by atoms with van der Waals surface area (Å²) in [5, 5.41) is 8.94. The lowest BCUT2D eigenvalue weighted by Crippen LogP contribution is -2.20. The van der Waals surface area contributed by atoms with Crippen LogP contribution in [0.5, 0.6) is 0 Å². The molecule has 19 heavy (non-hydrogen) atoms. The van der Waals surface area contributed by atoms with E-state index < -0.39 is 5.92 Å². The summed E-state index contributed by atoms with van der Waals surface area (Å²) in [6.45, 7) is 0.333. The normalized spacial score (nSPS) is 11.6. The topological polar surface area (TPSA) is 67.9 Å². The molecule has 1 heterocycles. The minimum atomic E-state index is -0.451. The van der Waals surface area contributed by atoms with Gasteiger partial charge in [0.1, 0.15) is 6.07 Å². The standard InChI is InChI=1S/C14H13N3O2/c1-19-14(18)12(11-5-3-2-4-6-11)10-17-8-7-16-13(17)9-15/h2-8,12H,10H2,1H3. The van der Waals surface area contributed by atoms with E-state index in [1.165, 1.54) is 13.3 Å². The van der Waals surface area contributed by atoms with Crippen LogP contribution in [0.25, 0.3) is 0 Å². The number of benzene rings is 1. The Morgan fingerprint density at radius 3 is 2.84 bits per heavy atom. The smallest absolute Gasteiger partial charge is 0.314 e. The largest absolute Gasteiger partial charge is 0.468 e. The van der Waals surface area contributed by atoms with Gasteiger partial charge in [-0.1, -0.05) is 30.3 Å². The van der Waals surface area contributed by atoms with Crippen LogP contribution in [0.1, 0.15) is 17.3 Å². The Labute approximate surface area is 111 Å². The fraction of sp³-hybridized carbons (Fsp3) is 0.214. The van der Waals surface area contributed by atoms with Gasteiger partial charge in [-0.15, -0.1) is 0 Å². The van der Waals surface area contributed by atoms with E-state index in [1.54, 1.807) is 10.8 Å². The maximum absolute atomic E-state index is 11.9. The van der Waals surface area contributed by atoms with Crippen LogP contribution in [0.2, 0.25) is 0 Å². The van der Waals surface area contributed by atoms with Crippen molar-refractivity contribution in [3.8, 4) is 6.07 Å². The molecule has 0 aliphatic heterocycles. The summed E-state index contributed by atoms with van der Waals surface area (Å²) >= 11 is 0. The average Bonchev–Trinajstić information content (AvgIpc) is 2.92. The van der Waals surface area contributed by atoms with Crippen LogP contribution in [0.3, 0.4) is 0 Å². The lowest BCUT2D eigenvalue weighted by molar-refractivity contribution is -0.142. The monoisotopic (exact) mass is 255 g/mol. The van der Waals surface area contributed by atoms with Crippen LogP contribution in [0.4, 0.5) is 0 Å². The molecule has 0 aliphatic rings. The number of hydrogen-bond acceptors (Lipinski definition) is 4. The predicted molar refractivity (Wildman–Crippen MR) is 68.1 cm³/mol. The van der Waals surface area contributed by atoms with Gasteiger partial charge in [0.15, 0.2) is 0 Å². The Hall–Kier alpha value is -2.61. The van der Waals surface area contributed by atoms with Crippen molar-refractivity contribution in [1.29, 1.82) is 5.26 Å². The Balaban J connectivity index is 2.30. The Bertz CT molecular complexity index is 599. The number of nitriles is 1. The Kier molecular flexibility index (Phi) is 3.94. The molecule has 5 nitrogen and oxygen atoms in total. The maximum Gasteiger partial charge on any atom is 0.314 e. The Morgan fingerprint density at radius 1 is 1.47 bits per heavy atom. The third-order valence-corrected chi connectivity index (χ3v) is 2.88. The predicted octanol–water partition coefficient (Wildman–Crippen LogP) is 1.71. The van der Waals surface area contributed by atoms with Crippen molar-refractivity contribution < 1.29 is 9.53 Å². The highest BCUT2D eigenvalue weighted by molar-refractivity contribution is 5.77. The first kappa shape index (κ1) is 12.8. The van der Waals surface area contributed by atoms with Crippen molar-refractivity contribution in [3.63, 3.8) is 0 Å². The molecule has 0 saturated heterocycles. The number of rotatable bonds is 4. The summed E-state index contributed by atoms with van der Waals surface area (Å²) in [7, 11) is 1.36. The van der Waals surface area contributed by atoms with Crippen molar-refractivity contribution in [1.82, 2.24) is 9.55 Å². The molecule has 2 rings (SSSR count). The molecule has 0 fully saturated rings. The van der Waals surface area contributed by atoms with E-state index in [4.69, 9.17) is 10.00 Å². The van der Waals surface area contributed by atoms with Crippen molar-refractivity contribution >= 4 is 5.97 Å². The molecule has 0 aliphatic carbocycles. The molecule has 0 amide bonds. The van der Waals surface area contributed by atoms with Crippen molar-refractivity contribution in [2.24, 2.45) is 0 Å². The van der Waals surface area contributed by atoms with Gasteiger partial charge in [0.05, 0.1) is 13.0 Å². The number of ether oxygens (including phenoxy) is 1. The molecule has 1 unspecified atom stereocenters. The minimum Gasteiger partial charge on any atom is -0.468 e. The molecular formula is C14H13N3O2. The highest BCUT2D eigenvalue weighted by Gasteiger charge is 2.22. The SMILES string of the molecule is COC(=O)C(Cn1ccnc1C#N)c1ccccc1. The molecule has 0 radical (unpaired) electrons. The number of aromatic nitrogens is 2. The van der Waals surface area contributed by atoms with Crippen LogP contribution in [-0.2, 0) is 16.1 Å². The molecule has 0 bridgehead atoms. The van der Waals surface area contributed by atoms with E-state index in [2.05, 4.69) is 4.98 Å². The zero-order valence-electron chi connectivity index (χ0n) is 10.5. The zero-order chi connectivity index (χ0) is 13.7. The number of hydrogen-bond donors (Lipinski definition) is 0. The third kappa shape index (κ3) is 2.80. The van der Waals surface area contributed by atoms with Gasteiger partial charge in [0.2, 0.25) is 5.82 Å². The van der Waals surface area contributed by atoms with Crippen LogP contribution >= 0.6 is 0 Å². The van der Waals surface area contributed by atoms with Crippen molar-refractivity contribution in [2.45, 2.75) is 12.5 Å². The molecule has 2 aromatic rings. The number of imidazole rings is 1. The van der Waals surface area contributed by atoms with Crippen LogP contribution in [0, 0.1) is 11.3 Å². The molecule has 1 aromatic carbocycles. The van der Waals surface area contributed by atoms with Crippen molar-refractivity contribution in [3.05, 3.63) is 54.1 Å². The summed E-state index contributed by atoms with van der Waals surface area (Å²) in [6.07, 6.45) is 3.22. The van der Waals surface area contributed by atoms with Gasteiger partial charge in [-0.25, -0.2) is 4.98 Å².